The molecule has 2 nitrogen and oxygen atoms in total. The second-order valence-corrected chi connectivity index (χ2v) is 3.24. The summed E-state index contributed by atoms with van der Waals surface area (Å²) >= 11 is 0. The summed E-state index contributed by atoms with van der Waals surface area (Å²) in [6.45, 7) is 3.76. The first-order valence-corrected chi connectivity index (χ1v) is 5.29. The van der Waals surface area contributed by atoms with E-state index in [9.17, 15) is 4.39 Å². The van der Waals surface area contributed by atoms with Gasteiger partial charge in [-0.05, 0) is 18.6 Å². The Morgan fingerprint density at radius 3 is 2.67 bits per heavy atom. The smallest absolute Gasteiger partial charge is 0.165 e. The molecule has 0 heterocycles. The van der Waals surface area contributed by atoms with Gasteiger partial charge >= 0.3 is 0 Å². The summed E-state index contributed by atoms with van der Waals surface area (Å²) in [5, 5.41) is 0. The van der Waals surface area contributed by atoms with Gasteiger partial charge in [-0.1, -0.05) is 25.5 Å². The highest BCUT2D eigenvalue weighted by Gasteiger charge is 2.00. The molecule has 15 heavy (non-hydrogen) atoms. The average Bonchev–Trinajstić information content (AvgIpc) is 2.25. The molecule has 3 heteroatoms. The summed E-state index contributed by atoms with van der Waals surface area (Å²) in [7, 11) is 0. The molecule has 0 radical (unpaired) electrons. The van der Waals surface area contributed by atoms with Crippen molar-refractivity contribution in [2.75, 3.05) is 19.8 Å². The van der Waals surface area contributed by atoms with Gasteiger partial charge in [-0.25, -0.2) is 4.39 Å². The zero-order valence-electron chi connectivity index (χ0n) is 9.04. The molecule has 1 aromatic carbocycles. The first-order chi connectivity index (χ1) is 7.34. The Balaban J connectivity index is 2.12. The van der Waals surface area contributed by atoms with Crippen molar-refractivity contribution in [1.29, 1.82) is 0 Å². The number of hydrogen-bond acceptors (Lipinski definition) is 2. The molecule has 0 spiro atoms. The second-order valence-electron chi connectivity index (χ2n) is 3.24. The van der Waals surface area contributed by atoms with Crippen LogP contribution in [0.4, 0.5) is 4.39 Å². The van der Waals surface area contributed by atoms with Crippen LogP contribution in [0.25, 0.3) is 0 Å². The molecule has 0 saturated heterocycles. The molecule has 0 aliphatic rings. The molecule has 0 aliphatic heterocycles. The maximum atomic E-state index is 13.1. The van der Waals surface area contributed by atoms with Crippen LogP contribution in [0, 0.1) is 5.82 Å². The Hall–Kier alpha value is -1.09. The summed E-state index contributed by atoms with van der Waals surface area (Å²) < 4.78 is 23.6. The van der Waals surface area contributed by atoms with Crippen LogP contribution in [0.1, 0.15) is 19.8 Å². The molecule has 0 N–H and O–H groups in total. The van der Waals surface area contributed by atoms with Gasteiger partial charge in [-0.15, -0.1) is 0 Å². The van der Waals surface area contributed by atoms with Crippen LogP contribution in [-0.2, 0) is 4.74 Å². The maximum Gasteiger partial charge on any atom is 0.165 e. The molecular formula is C12H17FO2. The zero-order chi connectivity index (χ0) is 10.9. The van der Waals surface area contributed by atoms with Crippen LogP contribution in [0.2, 0.25) is 0 Å². The van der Waals surface area contributed by atoms with Crippen molar-refractivity contribution in [2.45, 2.75) is 19.8 Å². The molecule has 0 aromatic heterocycles. The minimum atomic E-state index is -0.328. The lowest BCUT2D eigenvalue weighted by Gasteiger charge is -2.07. The maximum absolute atomic E-state index is 13.1. The number of benzene rings is 1. The van der Waals surface area contributed by atoms with Gasteiger partial charge in [0.05, 0.1) is 6.61 Å². The lowest BCUT2D eigenvalue weighted by molar-refractivity contribution is 0.0967. The highest BCUT2D eigenvalue weighted by Crippen LogP contribution is 2.14. The highest BCUT2D eigenvalue weighted by atomic mass is 19.1. The van der Waals surface area contributed by atoms with Crippen molar-refractivity contribution >= 4 is 0 Å². The highest BCUT2D eigenvalue weighted by molar-refractivity contribution is 5.23. The van der Waals surface area contributed by atoms with Gasteiger partial charge in [0.25, 0.3) is 0 Å². The first kappa shape index (κ1) is 12.0. The van der Waals surface area contributed by atoms with Gasteiger partial charge in [-0.2, -0.15) is 0 Å². The molecule has 0 saturated carbocycles. The van der Waals surface area contributed by atoms with Crippen molar-refractivity contribution < 1.29 is 13.9 Å². The summed E-state index contributed by atoms with van der Waals surface area (Å²) in [6.07, 6.45) is 2.17. The lowest BCUT2D eigenvalue weighted by atomic mass is 10.3. The predicted molar refractivity (Wildman–Crippen MR) is 57.6 cm³/mol. The Kier molecular flexibility index (Phi) is 5.78. The molecule has 0 unspecified atom stereocenters. The second kappa shape index (κ2) is 7.23. The lowest BCUT2D eigenvalue weighted by Crippen LogP contribution is -2.08. The number of para-hydroxylation sites is 1. The van der Waals surface area contributed by atoms with Crippen molar-refractivity contribution in [1.82, 2.24) is 0 Å². The average molecular weight is 212 g/mol. The normalized spacial score (nSPS) is 10.3. The Morgan fingerprint density at radius 2 is 1.93 bits per heavy atom. The van der Waals surface area contributed by atoms with Crippen molar-refractivity contribution in [2.24, 2.45) is 0 Å². The Morgan fingerprint density at radius 1 is 1.13 bits per heavy atom. The van der Waals surface area contributed by atoms with E-state index in [0.29, 0.717) is 13.2 Å². The first-order valence-electron chi connectivity index (χ1n) is 5.29. The Bertz CT molecular complexity index is 276. The fourth-order valence-electron chi connectivity index (χ4n) is 1.12. The van der Waals surface area contributed by atoms with E-state index in [-0.39, 0.29) is 11.6 Å². The molecule has 1 aromatic rings. The predicted octanol–water partition coefficient (Wildman–Crippen LogP) is 3.02. The number of halogens is 1. The number of rotatable bonds is 7. The van der Waals surface area contributed by atoms with Gasteiger partial charge in [-0.3, -0.25) is 0 Å². The minimum absolute atomic E-state index is 0.289. The Labute approximate surface area is 90.0 Å². The van der Waals surface area contributed by atoms with Crippen LogP contribution in [0.3, 0.4) is 0 Å². The van der Waals surface area contributed by atoms with Crippen LogP contribution >= 0.6 is 0 Å². The van der Waals surface area contributed by atoms with E-state index >= 15 is 0 Å². The number of hydrogen-bond donors (Lipinski definition) is 0. The fraction of sp³-hybridized carbons (Fsp3) is 0.500. The fourth-order valence-corrected chi connectivity index (χ4v) is 1.12. The minimum Gasteiger partial charge on any atom is -0.488 e. The van der Waals surface area contributed by atoms with Gasteiger partial charge < -0.3 is 9.47 Å². The number of ether oxygens (including phenoxy) is 2. The van der Waals surface area contributed by atoms with E-state index in [1.807, 2.05) is 0 Å². The molecule has 0 aliphatic carbocycles. The molecule has 0 fully saturated rings. The van der Waals surface area contributed by atoms with E-state index in [0.717, 1.165) is 19.4 Å². The third-order valence-corrected chi connectivity index (χ3v) is 1.96. The van der Waals surface area contributed by atoms with E-state index < -0.39 is 0 Å². The zero-order valence-corrected chi connectivity index (χ0v) is 9.04. The standard InChI is InChI=1S/C12H17FO2/c1-2-3-8-14-9-10-15-12-7-5-4-6-11(12)13/h4-7H,2-3,8-10H2,1H3. The van der Waals surface area contributed by atoms with Gasteiger partial charge in [0.15, 0.2) is 11.6 Å². The van der Waals surface area contributed by atoms with E-state index in [4.69, 9.17) is 9.47 Å². The quantitative estimate of drug-likeness (QED) is 0.647. The molecular weight excluding hydrogens is 195 g/mol. The molecule has 0 amide bonds. The molecule has 1 rings (SSSR count). The molecule has 84 valence electrons. The van der Waals surface area contributed by atoms with Crippen molar-refractivity contribution in [3.8, 4) is 5.75 Å². The van der Waals surface area contributed by atoms with Crippen molar-refractivity contribution in [3.05, 3.63) is 30.1 Å². The summed E-state index contributed by atoms with van der Waals surface area (Å²) in [4.78, 5) is 0. The molecule has 0 atom stereocenters. The van der Waals surface area contributed by atoms with Gasteiger partial charge in [0.2, 0.25) is 0 Å². The van der Waals surface area contributed by atoms with Crippen LogP contribution < -0.4 is 4.74 Å². The van der Waals surface area contributed by atoms with E-state index in [1.54, 1.807) is 18.2 Å². The number of unbranched alkanes of at least 4 members (excludes halogenated alkanes) is 1. The van der Waals surface area contributed by atoms with Crippen LogP contribution in [0.5, 0.6) is 5.75 Å². The van der Waals surface area contributed by atoms with Crippen LogP contribution in [0.15, 0.2) is 24.3 Å². The van der Waals surface area contributed by atoms with Crippen molar-refractivity contribution in [3.63, 3.8) is 0 Å². The van der Waals surface area contributed by atoms with E-state index in [2.05, 4.69) is 6.92 Å². The van der Waals surface area contributed by atoms with Gasteiger partial charge in [0.1, 0.15) is 6.61 Å². The summed E-state index contributed by atoms with van der Waals surface area (Å²) in [5.41, 5.74) is 0. The summed E-state index contributed by atoms with van der Waals surface area (Å²) in [5.74, 6) is -0.0392. The topological polar surface area (TPSA) is 18.5 Å². The van der Waals surface area contributed by atoms with Gasteiger partial charge in [0, 0.05) is 6.61 Å². The molecule has 0 bridgehead atoms. The van der Waals surface area contributed by atoms with E-state index in [1.165, 1.54) is 6.07 Å². The monoisotopic (exact) mass is 212 g/mol. The van der Waals surface area contributed by atoms with Crippen LogP contribution in [-0.4, -0.2) is 19.8 Å². The summed E-state index contributed by atoms with van der Waals surface area (Å²) in [6, 6.07) is 6.38. The third-order valence-electron chi connectivity index (χ3n) is 1.96. The largest absolute Gasteiger partial charge is 0.488 e. The SMILES string of the molecule is CCCCOCCOc1ccccc1F. The third kappa shape index (κ3) is 4.79.